The summed E-state index contributed by atoms with van der Waals surface area (Å²) in [5.74, 6) is 2.05. The van der Waals surface area contributed by atoms with Crippen LogP contribution in [0, 0.1) is 19.8 Å². The number of nitrogens with zero attached hydrogens (tertiary/aromatic N) is 1. The fourth-order valence-corrected chi connectivity index (χ4v) is 2.59. The summed E-state index contributed by atoms with van der Waals surface area (Å²) in [6, 6.07) is 4.40. The summed E-state index contributed by atoms with van der Waals surface area (Å²) in [5.41, 5.74) is 4.95. The zero-order valence-corrected chi connectivity index (χ0v) is 10.0. The van der Waals surface area contributed by atoms with Gasteiger partial charge in [0.05, 0.1) is 11.0 Å². The van der Waals surface area contributed by atoms with E-state index < -0.39 is 0 Å². The van der Waals surface area contributed by atoms with Crippen LogP contribution < -0.4 is 0 Å². The maximum atomic E-state index is 4.72. The first-order valence-electron chi connectivity index (χ1n) is 6.18. The number of hydrogen-bond acceptors (Lipinski definition) is 1. The molecule has 0 aliphatic heterocycles. The molecule has 1 aliphatic rings. The zero-order chi connectivity index (χ0) is 11.1. The molecule has 0 unspecified atom stereocenters. The van der Waals surface area contributed by atoms with E-state index in [1.165, 1.54) is 41.7 Å². The van der Waals surface area contributed by atoms with Crippen LogP contribution >= 0.6 is 0 Å². The highest BCUT2D eigenvalue weighted by atomic mass is 14.9. The van der Waals surface area contributed by atoms with Crippen molar-refractivity contribution in [2.45, 2.75) is 39.5 Å². The van der Waals surface area contributed by atoms with Gasteiger partial charge in [-0.25, -0.2) is 4.98 Å². The summed E-state index contributed by atoms with van der Waals surface area (Å²) in [6.45, 7) is 4.28. The Hall–Kier alpha value is -1.31. The predicted octanol–water partition coefficient (Wildman–Crippen LogP) is 3.52. The molecule has 0 saturated heterocycles. The fraction of sp³-hybridized carbons (Fsp3) is 0.500. The molecule has 1 saturated carbocycles. The molecular formula is C14H18N2. The van der Waals surface area contributed by atoms with Crippen LogP contribution in [0.5, 0.6) is 0 Å². The van der Waals surface area contributed by atoms with Crippen LogP contribution in [0.1, 0.15) is 36.2 Å². The molecule has 1 aromatic heterocycles. The number of benzene rings is 1. The molecule has 3 rings (SSSR count). The lowest BCUT2D eigenvalue weighted by Crippen LogP contribution is -2.14. The van der Waals surface area contributed by atoms with E-state index in [1.54, 1.807) is 0 Å². The molecule has 1 aliphatic carbocycles. The van der Waals surface area contributed by atoms with Gasteiger partial charge in [-0.3, -0.25) is 0 Å². The van der Waals surface area contributed by atoms with Crippen LogP contribution in [-0.2, 0) is 6.42 Å². The maximum Gasteiger partial charge on any atom is 0.107 e. The van der Waals surface area contributed by atoms with E-state index in [9.17, 15) is 0 Å². The van der Waals surface area contributed by atoms with Crippen molar-refractivity contribution in [2.24, 2.45) is 5.92 Å². The van der Waals surface area contributed by atoms with Crippen molar-refractivity contribution in [3.8, 4) is 0 Å². The lowest BCUT2D eigenvalue weighted by Gasteiger charge is -2.23. The lowest BCUT2D eigenvalue weighted by atomic mass is 9.83. The van der Waals surface area contributed by atoms with Gasteiger partial charge >= 0.3 is 0 Å². The number of H-pyrrole nitrogens is 1. The molecule has 2 nitrogen and oxygen atoms in total. The highest BCUT2D eigenvalue weighted by molar-refractivity contribution is 5.79. The van der Waals surface area contributed by atoms with Gasteiger partial charge in [0.15, 0.2) is 0 Å². The number of aromatic nitrogens is 2. The van der Waals surface area contributed by atoms with Gasteiger partial charge in [-0.2, -0.15) is 0 Å². The minimum absolute atomic E-state index is 0.877. The zero-order valence-electron chi connectivity index (χ0n) is 10.0. The Kier molecular flexibility index (Phi) is 2.23. The fourth-order valence-electron chi connectivity index (χ4n) is 2.59. The molecule has 0 bridgehead atoms. The Labute approximate surface area is 96.1 Å². The Morgan fingerprint density at radius 2 is 2.12 bits per heavy atom. The maximum absolute atomic E-state index is 4.72. The van der Waals surface area contributed by atoms with Gasteiger partial charge in [0.25, 0.3) is 0 Å². The van der Waals surface area contributed by atoms with Crippen LogP contribution in [0.2, 0.25) is 0 Å². The van der Waals surface area contributed by atoms with Crippen LogP contribution in [0.3, 0.4) is 0 Å². The SMILES string of the molecule is Cc1cc(C)c2nc(CC3CCC3)[nH]c2c1. The summed E-state index contributed by atoms with van der Waals surface area (Å²) in [7, 11) is 0. The van der Waals surface area contributed by atoms with Gasteiger partial charge < -0.3 is 4.98 Å². The van der Waals surface area contributed by atoms with Crippen molar-refractivity contribution in [3.63, 3.8) is 0 Å². The van der Waals surface area contributed by atoms with E-state index in [2.05, 4.69) is 31.0 Å². The van der Waals surface area contributed by atoms with Crippen molar-refractivity contribution in [3.05, 3.63) is 29.1 Å². The first-order chi connectivity index (χ1) is 7.72. The number of imidazole rings is 1. The monoisotopic (exact) mass is 214 g/mol. The normalized spacial score (nSPS) is 16.6. The highest BCUT2D eigenvalue weighted by Gasteiger charge is 2.19. The van der Waals surface area contributed by atoms with Gasteiger partial charge in [-0.05, 0) is 37.0 Å². The van der Waals surface area contributed by atoms with Gasteiger partial charge in [-0.1, -0.05) is 25.3 Å². The molecule has 84 valence electrons. The third-order valence-corrected chi connectivity index (χ3v) is 3.68. The van der Waals surface area contributed by atoms with Crippen molar-refractivity contribution in [2.75, 3.05) is 0 Å². The predicted molar refractivity (Wildman–Crippen MR) is 66.6 cm³/mol. The van der Waals surface area contributed by atoms with Crippen LogP contribution in [0.4, 0.5) is 0 Å². The van der Waals surface area contributed by atoms with E-state index in [4.69, 9.17) is 4.98 Å². The Morgan fingerprint density at radius 3 is 2.81 bits per heavy atom. The molecule has 0 amide bonds. The molecule has 1 fully saturated rings. The standard InChI is InChI=1S/C14H18N2/c1-9-6-10(2)14-12(7-9)15-13(16-14)8-11-4-3-5-11/h6-7,11H,3-5,8H2,1-2H3,(H,15,16). The molecule has 0 radical (unpaired) electrons. The molecule has 0 spiro atoms. The van der Waals surface area contributed by atoms with E-state index >= 15 is 0 Å². The highest BCUT2D eigenvalue weighted by Crippen LogP contribution is 2.29. The average Bonchev–Trinajstić information content (AvgIpc) is 2.54. The van der Waals surface area contributed by atoms with Crippen molar-refractivity contribution < 1.29 is 0 Å². The molecule has 1 N–H and O–H groups in total. The summed E-state index contributed by atoms with van der Waals surface area (Å²) in [4.78, 5) is 8.18. The molecule has 0 atom stereocenters. The third-order valence-electron chi connectivity index (χ3n) is 3.68. The molecule has 2 heteroatoms. The quantitative estimate of drug-likeness (QED) is 0.814. The second-order valence-corrected chi connectivity index (χ2v) is 5.16. The van der Waals surface area contributed by atoms with Gasteiger partial charge in [0.1, 0.15) is 5.82 Å². The lowest BCUT2D eigenvalue weighted by molar-refractivity contribution is 0.310. The minimum Gasteiger partial charge on any atom is -0.342 e. The molecule has 1 heterocycles. The van der Waals surface area contributed by atoms with Gasteiger partial charge in [-0.15, -0.1) is 0 Å². The summed E-state index contributed by atoms with van der Waals surface area (Å²) < 4.78 is 0. The second kappa shape index (κ2) is 3.62. The summed E-state index contributed by atoms with van der Waals surface area (Å²) >= 11 is 0. The van der Waals surface area contributed by atoms with Crippen LogP contribution in [0.15, 0.2) is 12.1 Å². The van der Waals surface area contributed by atoms with Crippen molar-refractivity contribution >= 4 is 11.0 Å². The molecular weight excluding hydrogens is 196 g/mol. The van der Waals surface area contributed by atoms with E-state index in [1.807, 2.05) is 0 Å². The van der Waals surface area contributed by atoms with E-state index in [-0.39, 0.29) is 0 Å². The first kappa shape index (κ1) is 9.88. The number of nitrogens with one attached hydrogen (secondary N) is 1. The number of aryl methyl sites for hydroxylation is 2. The molecule has 1 aromatic carbocycles. The largest absolute Gasteiger partial charge is 0.342 e. The summed E-state index contributed by atoms with van der Waals surface area (Å²) in [5, 5.41) is 0. The van der Waals surface area contributed by atoms with Crippen LogP contribution in [-0.4, -0.2) is 9.97 Å². The van der Waals surface area contributed by atoms with Crippen molar-refractivity contribution in [1.82, 2.24) is 9.97 Å². The topological polar surface area (TPSA) is 28.7 Å². The number of rotatable bonds is 2. The molecule has 2 aromatic rings. The number of fused-ring (bicyclic) bond motifs is 1. The third kappa shape index (κ3) is 1.62. The minimum atomic E-state index is 0.877. The first-order valence-corrected chi connectivity index (χ1v) is 6.18. The summed E-state index contributed by atoms with van der Waals surface area (Å²) in [6.07, 6.45) is 5.31. The van der Waals surface area contributed by atoms with Gasteiger partial charge in [0.2, 0.25) is 0 Å². The van der Waals surface area contributed by atoms with Crippen molar-refractivity contribution in [1.29, 1.82) is 0 Å². The molecule has 16 heavy (non-hydrogen) atoms. The van der Waals surface area contributed by atoms with E-state index in [0.29, 0.717) is 0 Å². The Bertz CT molecular complexity index is 521. The van der Waals surface area contributed by atoms with Gasteiger partial charge in [0, 0.05) is 6.42 Å². The average molecular weight is 214 g/mol. The Morgan fingerprint density at radius 1 is 1.31 bits per heavy atom. The van der Waals surface area contributed by atoms with E-state index in [0.717, 1.165) is 17.9 Å². The number of aromatic amines is 1. The Balaban J connectivity index is 1.98. The second-order valence-electron chi connectivity index (χ2n) is 5.16. The smallest absolute Gasteiger partial charge is 0.107 e. The van der Waals surface area contributed by atoms with Crippen LogP contribution in [0.25, 0.3) is 11.0 Å². The number of hydrogen-bond donors (Lipinski definition) is 1.